The summed E-state index contributed by atoms with van der Waals surface area (Å²) < 4.78 is 10.7. The lowest BCUT2D eigenvalue weighted by molar-refractivity contribution is -0.140. The van der Waals surface area contributed by atoms with E-state index in [-0.39, 0.29) is 17.8 Å². The van der Waals surface area contributed by atoms with Gasteiger partial charge < -0.3 is 14.4 Å². The highest BCUT2D eigenvalue weighted by Gasteiger charge is 2.29. The first kappa shape index (κ1) is 18.0. The molecule has 0 atom stereocenters. The van der Waals surface area contributed by atoms with Gasteiger partial charge in [0, 0.05) is 19.2 Å². The maximum Gasteiger partial charge on any atom is 0.314 e. The number of nitrogens with zero attached hydrogens (tertiary/aromatic N) is 2. The van der Waals surface area contributed by atoms with Crippen LogP contribution in [0.5, 0.6) is 11.5 Å². The third-order valence-corrected chi connectivity index (χ3v) is 5.21. The van der Waals surface area contributed by atoms with E-state index in [1.165, 1.54) is 24.5 Å². The Balaban J connectivity index is 1.59. The molecule has 0 unspecified atom stereocenters. The Morgan fingerprint density at radius 1 is 1.23 bits per heavy atom. The van der Waals surface area contributed by atoms with Crippen molar-refractivity contribution in [1.82, 2.24) is 4.90 Å². The summed E-state index contributed by atoms with van der Waals surface area (Å²) in [4.78, 5) is 27.3. The molecule has 1 aromatic heterocycles. The molecule has 2 aromatic rings. The van der Waals surface area contributed by atoms with Crippen LogP contribution in [-0.2, 0) is 4.79 Å². The van der Waals surface area contributed by atoms with Crippen molar-refractivity contribution in [2.24, 2.45) is 5.92 Å². The molecule has 3 rings (SSSR count). The SMILES string of the molecule is COc1cc(C#N)ccc1OC(=O)C1CCN(C(=O)c2cccs2)CC1. The molecule has 1 amide bonds. The molecule has 0 saturated carbocycles. The first-order valence-electron chi connectivity index (χ1n) is 8.25. The lowest BCUT2D eigenvalue weighted by Crippen LogP contribution is -2.40. The number of rotatable bonds is 4. The number of carbonyl (C=O) groups excluding carboxylic acids is 2. The number of nitriles is 1. The van der Waals surface area contributed by atoms with Crippen LogP contribution < -0.4 is 9.47 Å². The summed E-state index contributed by atoms with van der Waals surface area (Å²) in [7, 11) is 1.46. The second-order valence-corrected chi connectivity index (χ2v) is 6.89. The normalized spacial score (nSPS) is 14.5. The molecule has 0 radical (unpaired) electrons. The molecule has 0 spiro atoms. The highest BCUT2D eigenvalue weighted by Crippen LogP contribution is 2.30. The van der Waals surface area contributed by atoms with E-state index in [9.17, 15) is 9.59 Å². The fourth-order valence-electron chi connectivity index (χ4n) is 2.89. The highest BCUT2D eigenvalue weighted by molar-refractivity contribution is 7.12. The van der Waals surface area contributed by atoms with Crippen LogP contribution in [0.3, 0.4) is 0 Å². The summed E-state index contributed by atoms with van der Waals surface area (Å²) in [6, 6.07) is 10.3. The van der Waals surface area contributed by atoms with Gasteiger partial charge in [0.1, 0.15) is 0 Å². The lowest BCUT2D eigenvalue weighted by atomic mass is 9.97. The number of esters is 1. The molecule has 1 aliphatic heterocycles. The van der Waals surface area contributed by atoms with Crippen LogP contribution in [0.25, 0.3) is 0 Å². The standard InChI is InChI=1S/C19H18N2O4S/c1-24-16-11-13(12-20)4-5-15(16)25-19(23)14-6-8-21(9-7-14)18(22)17-3-2-10-26-17/h2-5,10-11,14H,6-9H2,1H3. The summed E-state index contributed by atoms with van der Waals surface area (Å²) in [5.74, 6) is 0.0656. The molecular formula is C19H18N2O4S. The Hall–Kier alpha value is -2.85. The monoisotopic (exact) mass is 370 g/mol. The van der Waals surface area contributed by atoms with E-state index in [1.807, 2.05) is 23.6 Å². The molecule has 1 aliphatic rings. The highest BCUT2D eigenvalue weighted by atomic mass is 32.1. The number of thiophene rings is 1. The minimum absolute atomic E-state index is 0.0144. The van der Waals surface area contributed by atoms with Crippen molar-refractivity contribution in [3.8, 4) is 17.6 Å². The minimum atomic E-state index is -0.337. The van der Waals surface area contributed by atoms with Crippen molar-refractivity contribution in [3.05, 3.63) is 46.2 Å². The van der Waals surface area contributed by atoms with Crippen LogP contribution in [0.1, 0.15) is 28.1 Å². The molecule has 1 aromatic carbocycles. The van der Waals surface area contributed by atoms with Crippen LogP contribution in [0, 0.1) is 17.2 Å². The van der Waals surface area contributed by atoms with E-state index >= 15 is 0 Å². The summed E-state index contributed by atoms with van der Waals surface area (Å²) in [5.41, 5.74) is 0.432. The largest absolute Gasteiger partial charge is 0.493 e. The number of benzene rings is 1. The van der Waals surface area contributed by atoms with Gasteiger partial charge in [0.05, 0.1) is 29.5 Å². The Bertz CT molecular complexity index is 834. The van der Waals surface area contributed by atoms with Crippen LogP contribution >= 0.6 is 11.3 Å². The average molecular weight is 370 g/mol. The summed E-state index contributed by atoms with van der Waals surface area (Å²) in [6.07, 6.45) is 1.13. The first-order chi connectivity index (χ1) is 12.6. The smallest absolute Gasteiger partial charge is 0.314 e. The van der Waals surface area contributed by atoms with Crippen molar-refractivity contribution < 1.29 is 19.1 Å². The molecule has 134 valence electrons. The van der Waals surface area contributed by atoms with Gasteiger partial charge in [-0.2, -0.15) is 5.26 Å². The average Bonchev–Trinajstić information content (AvgIpc) is 3.22. The number of ether oxygens (including phenoxy) is 2. The molecule has 26 heavy (non-hydrogen) atoms. The molecule has 1 saturated heterocycles. The molecule has 2 heterocycles. The zero-order chi connectivity index (χ0) is 18.5. The maximum atomic E-state index is 12.5. The molecular weight excluding hydrogens is 352 g/mol. The fraction of sp³-hybridized carbons (Fsp3) is 0.316. The predicted molar refractivity (Wildman–Crippen MR) is 96.3 cm³/mol. The topological polar surface area (TPSA) is 79.6 Å². The minimum Gasteiger partial charge on any atom is -0.493 e. The number of likely N-dealkylation sites (tertiary alicyclic amines) is 1. The van der Waals surface area contributed by atoms with Crippen molar-refractivity contribution in [1.29, 1.82) is 5.26 Å². The Labute approximate surface area is 155 Å². The molecule has 0 N–H and O–H groups in total. The van der Waals surface area contributed by atoms with Gasteiger partial charge in [-0.05, 0) is 36.4 Å². The van der Waals surface area contributed by atoms with Crippen LogP contribution in [-0.4, -0.2) is 37.0 Å². The van der Waals surface area contributed by atoms with Crippen LogP contribution in [0.15, 0.2) is 35.7 Å². The third-order valence-electron chi connectivity index (χ3n) is 4.35. The Kier molecular flexibility index (Phi) is 5.54. The first-order valence-corrected chi connectivity index (χ1v) is 9.13. The maximum absolute atomic E-state index is 12.5. The number of piperidine rings is 1. The van der Waals surface area contributed by atoms with Crippen molar-refractivity contribution in [2.75, 3.05) is 20.2 Å². The van der Waals surface area contributed by atoms with Crippen LogP contribution in [0.4, 0.5) is 0 Å². The molecule has 7 heteroatoms. The summed E-state index contributed by atoms with van der Waals surface area (Å²) >= 11 is 1.42. The Morgan fingerprint density at radius 3 is 2.62 bits per heavy atom. The third kappa shape index (κ3) is 3.86. The van der Waals surface area contributed by atoms with E-state index in [2.05, 4.69) is 0 Å². The van der Waals surface area contributed by atoms with E-state index in [0.717, 1.165) is 0 Å². The molecule has 0 aliphatic carbocycles. The molecule has 6 nitrogen and oxygen atoms in total. The number of methoxy groups -OCH3 is 1. The van der Waals surface area contributed by atoms with Gasteiger partial charge in [-0.1, -0.05) is 6.07 Å². The lowest BCUT2D eigenvalue weighted by Gasteiger charge is -2.30. The van der Waals surface area contributed by atoms with Gasteiger partial charge in [-0.15, -0.1) is 11.3 Å². The van der Waals surface area contributed by atoms with Gasteiger partial charge in [0.25, 0.3) is 5.91 Å². The summed E-state index contributed by atoms with van der Waals surface area (Å²) in [5, 5.41) is 10.8. The van der Waals surface area contributed by atoms with Gasteiger partial charge in [-0.25, -0.2) is 0 Å². The van der Waals surface area contributed by atoms with Crippen molar-refractivity contribution >= 4 is 23.2 Å². The molecule has 0 bridgehead atoms. The quantitative estimate of drug-likeness (QED) is 0.610. The zero-order valence-corrected chi connectivity index (χ0v) is 15.1. The van der Waals surface area contributed by atoms with E-state index in [0.29, 0.717) is 47.9 Å². The zero-order valence-electron chi connectivity index (χ0n) is 14.3. The van der Waals surface area contributed by atoms with E-state index in [4.69, 9.17) is 14.7 Å². The van der Waals surface area contributed by atoms with Crippen molar-refractivity contribution in [2.45, 2.75) is 12.8 Å². The number of hydrogen-bond acceptors (Lipinski definition) is 6. The second-order valence-electron chi connectivity index (χ2n) is 5.94. The van der Waals surface area contributed by atoms with Gasteiger partial charge in [0.15, 0.2) is 11.5 Å². The van der Waals surface area contributed by atoms with Gasteiger partial charge in [0.2, 0.25) is 0 Å². The van der Waals surface area contributed by atoms with Crippen LogP contribution in [0.2, 0.25) is 0 Å². The number of hydrogen-bond donors (Lipinski definition) is 0. The van der Waals surface area contributed by atoms with E-state index < -0.39 is 0 Å². The van der Waals surface area contributed by atoms with Gasteiger partial charge in [-0.3, -0.25) is 9.59 Å². The Morgan fingerprint density at radius 2 is 2.00 bits per heavy atom. The number of amides is 1. The van der Waals surface area contributed by atoms with Crippen molar-refractivity contribution in [3.63, 3.8) is 0 Å². The predicted octanol–water partition coefficient (Wildman–Crippen LogP) is 3.09. The second kappa shape index (κ2) is 8.02. The van der Waals surface area contributed by atoms with E-state index in [1.54, 1.807) is 17.0 Å². The van der Waals surface area contributed by atoms with Gasteiger partial charge >= 0.3 is 5.97 Å². The fourth-order valence-corrected chi connectivity index (χ4v) is 3.58. The molecule has 1 fully saturated rings. The summed E-state index contributed by atoms with van der Waals surface area (Å²) in [6.45, 7) is 1.06. The number of carbonyl (C=O) groups is 2.